The third-order valence-electron chi connectivity index (χ3n) is 3.11. The zero-order valence-corrected chi connectivity index (χ0v) is 11.2. The van der Waals surface area contributed by atoms with Crippen LogP contribution in [0.25, 0.3) is 0 Å². The fourth-order valence-electron chi connectivity index (χ4n) is 2.15. The van der Waals surface area contributed by atoms with E-state index in [-0.39, 0.29) is 22.9 Å². The molecule has 0 fully saturated rings. The van der Waals surface area contributed by atoms with Gasteiger partial charge in [0, 0.05) is 6.07 Å². The molecule has 0 aliphatic carbocycles. The van der Waals surface area contributed by atoms with Gasteiger partial charge in [-0.25, -0.2) is 13.8 Å². The molecule has 0 saturated carbocycles. The van der Waals surface area contributed by atoms with Gasteiger partial charge in [0.15, 0.2) is 11.6 Å². The van der Waals surface area contributed by atoms with Crippen molar-refractivity contribution in [2.45, 2.75) is 6.54 Å². The smallest absolute Gasteiger partial charge is 0.299 e. The lowest BCUT2D eigenvalue weighted by Crippen LogP contribution is -2.29. The van der Waals surface area contributed by atoms with Gasteiger partial charge in [-0.2, -0.15) is 0 Å². The summed E-state index contributed by atoms with van der Waals surface area (Å²) in [6, 6.07) is 6.38. The third kappa shape index (κ3) is 2.27. The maximum atomic E-state index is 13.3. The molecular weight excluding hydrogens is 302 g/mol. The molecule has 2 heterocycles. The lowest BCUT2D eigenvalue weighted by atomic mass is 10.1. The van der Waals surface area contributed by atoms with E-state index in [2.05, 4.69) is 4.98 Å². The Kier molecular flexibility index (Phi) is 3.17. The van der Waals surface area contributed by atoms with Crippen molar-refractivity contribution in [1.29, 1.82) is 0 Å². The fraction of sp³-hybridized carbons (Fsp3) is 0.0714. The number of rotatable bonds is 2. The van der Waals surface area contributed by atoms with Crippen LogP contribution >= 0.6 is 11.6 Å². The van der Waals surface area contributed by atoms with Crippen LogP contribution in [0.3, 0.4) is 0 Å². The van der Waals surface area contributed by atoms with Gasteiger partial charge in [-0.1, -0.05) is 17.7 Å². The average molecular weight is 309 g/mol. The Bertz CT molecular complexity index is 780. The van der Waals surface area contributed by atoms with E-state index in [0.29, 0.717) is 5.69 Å². The first-order valence-corrected chi connectivity index (χ1v) is 6.32. The molecule has 1 amide bonds. The number of carbonyl (C=O) groups is 2. The summed E-state index contributed by atoms with van der Waals surface area (Å²) in [7, 11) is 0. The molecule has 3 rings (SSSR count). The van der Waals surface area contributed by atoms with Gasteiger partial charge in [-0.15, -0.1) is 0 Å². The standard InChI is InChI=1S/C14H7ClF2N2O2/c15-12-3-1-2-7(18-12)6-19-11-5-10(17)9(16)4-8(11)13(20)14(19)21/h1-5H,6H2. The van der Waals surface area contributed by atoms with Crippen molar-refractivity contribution in [3.8, 4) is 0 Å². The summed E-state index contributed by atoms with van der Waals surface area (Å²) >= 11 is 5.75. The Labute approximate surface area is 123 Å². The minimum absolute atomic E-state index is 0.0330. The Balaban J connectivity index is 2.03. The second-order valence-electron chi connectivity index (χ2n) is 4.46. The van der Waals surface area contributed by atoms with E-state index in [1.54, 1.807) is 18.2 Å². The first kappa shape index (κ1) is 13.6. The predicted octanol–water partition coefficient (Wildman–Crippen LogP) is 2.74. The number of fused-ring (bicyclic) bond motifs is 1. The Morgan fingerprint density at radius 3 is 2.57 bits per heavy atom. The van der Waals surface area contributed by atoms with Gasteiger partial charge in [0.05, 0.1) is 23.5 Å². The maximum absolute atomic E-state index is 13.3. The molecule has 1 aliphatic heterocycles. The molecule has 0 atom stereocenters. The SMILES string of the molecule is O=C1C(=O)N(Cc2cccc(Cl)n2)c2cc(F)c(F)cc21. The average Bonchev–Trinajstić information content (AvgIpc) is 2.65. The van der Waals surface area contributed by atoms with Crippen LogP contribution < -0.4 is 4.90 Å². The third-order valence-corrected chi connectivity index (χ3v) is 3.32. The van der Waals surface area contributed by atoms with Crippen LogP contribution in [0.4, 0.5) is 14.5 Å². The summed E-state index contributed by atoms with van der Waals surface area (Å²) in [5.74, 6) is -4.01. The van der Waals surface area contributed by atoms with Gasteiger partial charge in [0.25, 0.3) is 11.7 Å². The monoisotopic (exact) mass is 308 g/mol. The number of aromatic nitrogens is 1. The highest BCUT2D eigenvalue weighted by Crippen LogP contribution is 2.32. The van der Waals surface area contributed by atoms with Crippen LogP contribution in [0, 0.1) is 11.6 Å². The molecule has 1 aromatic heterocycles. The number of hydrogen-bond donors (Lipinski definition) is 0. The normalized spacial score (nSPS) is 13.8. The molecule has 2 aromatic rings. The van der Waals surface area contributed by atoms with Crippen molar-refractivity contribution in [2.75, 3.05) is 4.90 Å². The molecule has 4 nitrogen and oxygen atoms in total. The fourth-order valence-corrected chi connectivity index (χ4v) is 2.33. The first-order chi connectivity index (χ1) is 9.97. The van der Waals surface area contributed by atoms with E-state index in [9.17, 15) is 18.4 Å². The Morgan fingerprint density at radius 1 is 1.14 bits per heavy atom. The van der Waals surface area contributed by atoms with E-state index in [1.807, 2.05) is 0 Å². The number of amides is 1. The predicted molar refractivity (Wildman–Crippen MR) is 71.1 cm³/mol. The second-order valence-corrected chi connectivity index (χ2v) is 4.84. The minimum Gasteiger partial charge on any atom is -0.299 e. The van der Waals surface area contributed by atoms with E-state index < -0.39 is 23.3 Å². The Morgan fingerprint density at radius 2 is 1.86 bits per heavy atom. The summed E-state index contributed by atoms with van der Waals surface area (Å²) in [6.45, 7) is -0.0524. The van der Waals surface area contributed by atoms with Crippen molar-refractivity contribution in [3.05, 3.63) is 58.4 Å². The van der Waals surface area contributed by atoms with Gasteiger partial charge in [-0.05, 0) is 18.2 Å². The minimum atomic E-state index is -1.17. The summed E-state index contributed by atoms with van der Waals surface area (Å²) < 4.78 is 26.5. The number of benzene rings is 1. The highest BCUT2D eigenvalue weighted by atomic mass is 35.5. The first-order valence-electron chi connectivity index (χ1n) is 5.94. The molecule has 1 aliphatic rings. The number of hydrogen-bond acceptors (Lipinski definition) is 3. The molecule has 0 radical (unpaired) electrons. The van der Waals surface area contributed by atoms with Crippen molar-refractivity contribution < 1.29 is 18.4 Å². The van der Waals surface area contributed by atoms with Gasteiger partial charge in [0.2, 0.25) is 0 Å². The molecule has 21 heavy (non-hydrogen) atoms. The molecule has 7 heteroatoms. The number of carbonyl (C=O) groups excluding carboxylic acids is 2. The van der Waals surface area contributed by atoms with Crippen LogP contribution in [-0.2, 0) is 11.3 Å². The lowest BCUT2D eigenvalue weighted by molar-refractivity contribution is -0.114. The zero-order valence-electron chi connectivity index (χ0n) is 10.4. The van der Waals surface area contributed by atoms with Gasteiger partial charge < -0.3 is 0 Å². The highest BCUT2D eigenvalue weighted by molar-refractivity contribution is 6.52. The molecule has 0 N–H and O–H groups in total. The molecule has 0 spiro atoms. The number of ketones is 1. The number of nitrogens with zero attached hydrogens (tertiary/aromatic N) is 2. The molecular formula is C14H7ClF2N2O2. The molecule has 0 saturated heterocycles. The van der Waals surface area contributed by atoms with Gasteiger partial charge in [-0.3, -0.25) is 14.5 Å². The number of anilines is 1. The molecule has 0 unspecified atom stereocenters. The molecule has 1 aromatic carbocycles. The summed E-state index contributed by atoms with van der Waals surface area (Å²) in [6.07, 6.45) is 0. The van der Waals surface area contributed by atoms with Gasteiger partial charge >= 0.3 is 0 Å². The van der Waals surface area contributed by atoms with E-state index in [4.69, 9.17) is 11.6 Å². The number of Topliss-reactive ketones (excluding diaryl/α,β-unsaturated/α-hetero) is 1. The van der Waals surface area contributed by atoms with Crippen molar-refractivity contribution in [2.24, 2.45) is 0 Å². The summed E-state index contributed by atoms with van der Waals surface area (Å²) in [5.41, 5.74) is 0.313. The van der Waals surface area contributed by atoms with Crippen LogP contribution in [0.2, 0.25) is 5.15 Å². The molecule has 0 bridgehead atoms. The van der Waals surface area contributed by atoms with Crippen LogP contribution in [0.15, 0.2) is 30.3 Å². The maximum Gasteiger partial charge on any atom is 0.299 e. The second kappa shape index (κ2) is 4.89. The summed E-state index contributed by atoms with van der Waals surface area (Å²) in [5, 5.41) is 0.232. The quantitative estimate of drug-likeness (QED) is 0.633. The lowest BCUT2D eigenvalue weighted by Gasteiger charge is -2.16. The van der Waals surface area contributed by atoms with Crippen LogP contribution in [-0.4, -0.2) is 16.7 Å². The van der Waals surface area contributed by atoms with Crippen LogP contribution in [0.1, 0.15) is 16.1 Å². The van der Waals surface area contributed by atoms with Crippen molar-refractivity contribution in [3.63, 3.8) is 0 Å². The number of halogens is 3. The Hall–Kier alpha value is -2.34. The van der Waals surface area contributed by atoms with E-state index in [1.165, 1.54) is 0 Å². The summed E-state index contributed by atoms with van der Waals surface area (Å²) in [4.78, 5) is 28.8. The topological polar surface area (TPSA) is 50.3 Å². The highest BCUT2D eigenvalue weighted by Gasteiger charge is 2.37. The van der Waals surface area contributed by atoms with Crippen LogP contribution in [0.5, 0.6) is 0 Å². The zero-order chi connectivity index (χ0) is 15.1. The molecule has 106 valence electrons. The van der Waals surface area contributed by atoms with Crippen molar-refractivity contribution in [1.82, 2.24) is 4.98 Å². The van der Waals surface area contributed by atoms with E-state index >= 15 is 0 Å². The largest absolute Gasteiger partial charge is 0.299 e. The van der Waals surface area contributed by atoms with E-state index in [0.717, 1.165) is 17.0 Å². The number of pyridine rings is 1. The van der Waals surface area contributed by atoms with Gasteiger partial charge in [0.1, 0.15) is 5.15 Å². The van der Waals surface area contributed by atoms with Crippen molar-refractivity contribution >= 4 is 29.0 Å².